The lowest BCUT2D eigenvalue weighted by Gasteiger charge is -2.16. The monoisotopic (exact) mass is 246 g/mol. The highest BCUT2D eigenvalue weighted by molar-refractivity contribution is 6.46. The fraction of sp³-hybridized carbons (Fsp3) is 1.00. The van der Waals surface area contributed by atoms with Gasteiger partial charge in [0, 0.05) is 14.2 Å². The summed E-state index contributed by atoms with van der Waals surface area (Å²) in [5.41, 5.74) is 0.787. The Morgan fingerprint density at radius 2 is 1.75 bits per heavy atom. The molecule has 1 unspecified atom stereocenters. The third-order valence-electron chi connectivity index (χ3n) is 3.26. The molecule has 2 rings (SSSR count). The fourth-order valence-corrected chi connectivity index (χ4v) is 4.25. The summed E-state index contributed by atoms with van der Waals surface area (Å²) in [6, 6.07) is 0. The molecule has 96 valence electrons. The van der Waals surface area contributed by atoms with Gasteiger partial charge in [-0.05, 0) is 24.8 Å². The van der Waals surface area contributed by atoms with Crippen LogP contribution in [0.3, 0.4) is 0 Å². The van der Waals surface area contributed by atoms with Crippen molar-refractivity contribution in [1.82, 2.24) is 0 Å². The first-order valence-electron chi connectivity index (χ1n) is 6.49. The van der Waals surface area contributed by atoms with Crippen molar-refractivity contribution < 1.29 is 13.6 Å². The molecular weight excluding hydrogens is 220 g/mol. The maximum Gasteiger partial charge on any atom is 0.324 e. The van der Waals surface area contributed by atoms with Crippen molar-refractivity contribution in [2.75, 3.05) is 20.8 Å². The number of ether oxygens (including phenoxy) is 1. The van der Waals surface area contributed by atoms with Crippen LogP contribution >= 0.6 is 0 Å². The van der Waals surface area contributed by atoms with E-state index in [4.69, 9.17) is 13.6 Å². The van der Waals surface area contributed by atoms with Crippen LogP contribution in [0.1, 0.15) is 45.4 Å². The van der Waals surface area contributed by atoms with Gasteiger partial charge < -0.3 is 13.6 Å². The van der Waals surface area contributed by atoms with Crippen LogP contribution < -0.4 is 0 Å². The first kappa shape index (κ1) is 14.2. The lowest BCUT2D eigenvalue weighted by molar-refractivity contribution is 0.265. The van der Waals surface area contributed by atoms with Crippen molar-refractivity contribution in [3.63, 3.8) is 0 Å². The zero-order valence-corrected chi connectivity index (χ0v) is 12.1. The molecule has 0 aromatic rings. The van der Waals surface area contributed by atoms with E-state index >= 15 is 0 Å². The van der Waals surface area contributed by atoms with E-state index in [9.17, 15) is 0 Å². The summed E-state index contributed by atoms with van der Waals surface area (Å²) < 4.78 is 15.5. The average Bonchev–Trinajstić information content (AvgIpc) is 2.96. The zero-order chi connectivity index (χ0) is 11.8. The molecule has 2 fully saturated rings. The molecule has 4 heteroatoms. The van der Waals surface area contributed by atoms with E-state index in [0.29, 0.717) is 6.10 Å². The quantitative estimate of drug-likeness (QED) is 0.552. The highest BCUT2D eigenvalue weighted by Crippen LogP contribution is 2.32. The van der Waals surface area contributed by atoms with Crippen LogP contribution in [0.25, 0.3) is 0 Å². The SMILES string of the molecule is CCCC1CO1.CO[SiH](OC)C1CCCC1. The van der Waals surface area contributed by atoms with E-state index < -0.39 is 9.28 Å². The van der Waals surface area contributed by atoms with E-state index in [-0.39, 0.29) is 0 Å². The number of epoxide rings is 1. The van der Waals surface area contributed by atoms with E-state index in [1.807, 2.05) is 0 Å². The van der Waals surface area contributed by atoms with Crippen molar-refractivity contribution in [2.24, 2.45) is 0 Å². The number of hydrogen-bond acceptors (Lipinski definition) is 3. The molecule has 0 radical (unpaired) electrons. The molecule has 2 aliphatic rings. The van der Waals surface area contributed by atoms with Gasteiger partial charge in [0.05, 0.1) is 12.7 Å². The number of rotatable bonds is 5. The van der Waals surface area contributed by atoms with Gasteiger partial charge >= 0.3 is 9.28 Å². The van der Waals surface area contributed by atoms with Crippen molar-refractivity contribution in [3.05, 3.63) is 0 Å². The van der Waals surface area contributed by atoms with E-state index in [2.05, 4.69) is 6.92 Å². The third-order valence-corrected chi connectivity index (χ3v) is 5.63. The Hall–Kier alpha value is 0.0969. The molecule has 1 aliphatic heterocycles. The predicted octanol–water partition coefficient (Wildman–Crippen LogP) is 2.63. The van der Waals surface area contributed by atoms with Crippen LogP contribution in [0.15, 0.2) is 0 Å². The Kier molecular flexibility index (Phi) is 7.28. The molecule has 0 amide bonds. The largest absolute Gasteiger partial charge is 0.400 e. The lowest BCUT2D eigenvalue weighted by atomic mass is 10.3. The Morgan fingerprint density at radius 3 is 2.06 bits per heavy atom. The molecule has 1 saturated carbocycles. The van der Waals surface area contributed by atoms with Gasteiger partial charge in [-0.15, -0.1) is 0 Å². The van der Waals surface area contributed by atoms with Gasteiger partial charge in [0.2, 0.25) is 0 Å². The molecule has 1 heterocycles. The standard InChI is InChI=1S/C7H16O2Si.C5H10O/c1-8-10(9-2)7-5-3-4-6-7;1-2-3-5-4-6-5/h7,10H,3-6H2,1-2H3;5H,2-4H2,1H3. The Bertz CT molecular complexity index is 164. The molecule has 0 bridgehead atoms. The number of hydrogen-bond donors (Lipinski definition) is 0. The summed E-state index contributed by atoms with van der Waals surface area (Å²) in [6.45, 7) is 3.20. The van der Waals surface area contributed by atoms with Gasteiger partial charge in [0.1, 0.15) is 0 Å². The lowest BCUT2D eigenvalue weighted by Crippen LogP contribution is -2.24. The van der Waals surface area contributed by atoms with Crippen LogP contribution in [0.2, 0.25) is 5.54 Å². The first-order chi connectivity index (χ1) is 7.81. The molecule has 0 N–H and O–H groups in total. The topological polar surface area (TPSA) is 31.0 Å². The fourth-order valence-electron chi connectivity index (χ4n) is 2.27. The Labute approximate surface area is 101 Å². The van der Waals surface area contributed by atoms with E-state index in [1.165, 1.54) is 38.5 Å². The molecule has 1 aliphatic carbocycles. The highest BCUT2D eigenvalue weighted by atomic mass is 28.3. The summed E-state index contributed by atoms with van der Waals surface area (Å²) in [6.07, 6.45) is 8.60. The summed E-state index contributed by atoms with van der Waals surface area (Å²) in [4.78, 5) is 0. The summed E-state index contributed by atoms with van der Waals surface area (Å²) >= 11 is 0. The molecule has 16 heavy (non-hydrogen) atoms. The molecule has 0 spiro atoms. The maximum atomic E-state index is 5.30. The van der Waals surface area contributed by atoms with Gasteiger partial charge in [-0.3, -0.25) is 0 Å². The smallest absolute Gasteiger partial charge is 0.324 e. The minimum Gasteiger partial charge on any atom is -0.400 e. The van der Waals surface area contributed by atoms with Crippen molar-refractivity contribution in [1.29, 1.82) is 0 Å². The van der Waals surface area contributed by atoms with Gasteiger partial charge in [-0.1, -0.05) is 26.2 Å². The highest BCUT2D eigenvalue weighted by Gasteiger charge is 2.27. The van der Waals surface area contributed by atoms with Crippen LogP contribution in [0, 0.1) is 0 Å². The molecular formula is C12H26O3Si. The summed E-state index contributed by atoms with van der Waals surface area (Å²) in [5, 5.41) is 0. The minimum absolute atomic E-state index is 0.648. The second kappa shape index (κ2) is 8.23. The van der Waals surface area contributed by atoms with E-state index in [0.717, 1.165) is 12.1 Å². The first-order valence-corrected chi connectivity index (χ1v) is 8.10. The second-order valence-electron chi connectivity index (χ2n) is 4.63. The van der Waals surface area contributed by atoms with E-state index in [1.54, 1.807) is 14.2 Å². The molecule has 1 atom stereocenters. The van der Waals surface area contributed by atoms with Crippen LogP contribution in [0.5, 0.6) is 0 Å². The normalized spacial score (nSPS) is 24.4. The zero-order valence-electron chi connectivity index (χ0n) is 10.9. The van der Waals surface area contributed by atoms with Crippen molar-refractivity contribution in [3.8, 4) is 0 Å². The maximum absolute atomic E-state index is 5.30. The van der Waals surface area contributed by atoms with Crippen molar-refractivity contribution in [2.45, 2.75) is 57.1 Å². The van der Waals surface area contributed by atoms with Crippen molar-refractivity contribution >= 4 is 9.28 Å². The summed E-state index contributed by atoms with van der Waals surface area (Å²) in [5.74, 6) is 0. The van der Waals surface area contributed by atoms with Gasteiger partial charge in [0.25, 0.3) is 0 Å². The predicted molar refractivity (Wildman–Crippen MR) is 68.0 cm³/mol. The third kappa shape index (κ3) is 5.43. The average molecular weight is 246 g/mol. The van der Waals surface area contributed by atoms with Crippen LogP contribution in [-0.4, -0.2) is 36.2 Å². The Morgan fingerprint density at radius 1 is 1.19 bits per heavy atom. The van der Waals surface area contributed by atoms with Crippen LogP contribution in [-0.2, 0) is 13.6 Å². The van der Waals surface area contributed by atoms with Gasteiger partial charge in [0.15, 0.2) is 0 Å². The molecule has 0 aromatic heterocycles. The van der Waals surface area contributed by atoms with Gasteiger partial charge in [-0.25, -0.2) is 0 Å². The second-order valence-corrected chi connectivity index (χ2v) is 7.25. The van der Waals surface area contributed by atoms with Crippen LogP contribution in [0.4, 0.5) is 0 Å². The Balaban J connectivity index is 0.000000181. The molecule has 0 aromatic carbocycles. The summed E-state index contributed by atoms with van der Waals surface area (Å²) in [7, 11) is 2.31. The molecule has 3 nitrogen and oxygen atoms in total. The molecule has 1 saturated heterocycles. The van der Waals surface area contributed by atoms with Gasteiger partial charge in [-0.2, -0.15) is 0 Å². The minimum atomic E-state index is -1.24.